The van der Waals surface area contributed by atoms with Crippen LogP contribution in [0, 0.1) is 11.8 Å². The molecule has 0 unspecified atom stereocenters. The van der Waals surface area contributed by atoms with Crippen molar-refractivity contribution in [3.63, 3.8) is 0 Å². The minimum Gasteiger partial charge on any atom is -0.360 e. The maximum absolute atomic E-state index is 12.5. The highest BCUT2D eigenvalue weighted by Crippen LogP contribution is 2.29. The summed E-state index contributed by atoms with van der Waals surface area (Å²) in [5, 5.41) is 0. The molecule has 0 fully saturated rings. The lowest BCUT2D eigenvalue weighted by molar-refractivity contribution is -0.137. The van der Waals surface area contributed by atoms with Gasteiger partial charge in [0.25, 0.3) is 0 Å². The minimum absolute atomic E-state index is 0.327. The standard InChI is InChI=1S/C18H13F3O/c19-18(20,21)15-8-5-13(6-9-15)7-10-17-16-4-2-1-3-14(16)11-12-22-17/h1-6,8-9,17H,11-12H2/t17-/m0/s1. The Kier molecular flexibility index (Phi) is 3.91. The third kappa shape index (κ3) is 3.15. The number of fused-ring (bicyclic) bond motifs is 1. The van der Waals surface area contributed by atoms with Crippen molar-refractivity contribution in [3.8, 4) is 11.8 Å². The van der Waals surface area contributed by atoms with Crippen LogP contribution in [0.4, 0.5) is 13.2 Å². The number of hydrogen-bond acceptors (Lipinski definition) is 1. The summed E-state index contributed by atoms with van der Waals surface area (Å²) in [7, 11) is 0. The molecule has 1 heterocycles. The first kappa shape index (κ1) is 14.7. The van der Waals surface area contributed by atoms with Gasteiger partial charge in [-0.05, 0) is 41.8 Å². The van der Waals surface area contributed by atoms with Gasteiger partial charge in [0.1, 0.15) is 6.10 Å². The molecule has 1 aliphatic heterocycles. The molecule has 1 aliphatic rings. The smallest absolute Gasteiger partial charge is 0.360 e. The fourth-order valence-electron chi connectivity index (χ4n) is 2.41. The molecule has 0 N–H and O–H groups in total. The van der Waals surface area contributed by atoms with Gasteiger partial charge in [-0.2, -0.15) is 13.2 Å². The molecule has 1 atom stereocenters. The summed E-state index contributed by atoms with van der Waals surface area (Å²) in [5.74, 6) is 5.89. The van der Waals surface area contributed by atoms with Crippen LogP contribution in [0.3, 0.4) is 0 Å². The Morgan fingerprint density at radius 3 is 2.45 bits per heavy atom. The SMILES string of the molecule is FC(F)(F)c1ccc(C#C[C@@H]2OCCc3ccccc32)cc1. The minimum atomic E-state index is -4.32. The van der Waals surface area contributed by atoms with Crippen LogP contribution in [0.15, 0.2) is 48.5 Å². The van der Waals surface area contributed by atoms with Gasteiger partial charge in [0.15, 0.2) is 0 Å². The highest BCUT2D eigenvalue weighted by atomic mass is 19.4. The van der Waals surface area contributed by atoms with Crippen LogP contribution in [0.1, 0.15) is 28.4 Å². The van der Waals surface area contributed by atoms with Gasteiger partial charge in [-0.3, -0.25) is 0 Å². The molecule has 0 radical (unpaired) electrons. The monoisotopic (exact) mass is 302 g/mol. The predicted octanol–water partition coefficient (Wildman–Crippen LogP) is 4.37. The molecule has 0 amide bonds. The Bertz CT molecular complexity index is 720. The summed E-state index contributed by atoms with van der Waals surface area (Å²) >= 11 is 0. The van der Waals surface area contributed by atoms with Crippen LogP contribution in [-0.2, 0) is 17.3 Å². The normalized spacial score (nSPS) is 17.3. The first-order chi connectivity index (χ1) is 10.5. The Labute approximate surface area is 126 Å². The lowest BCUT2D eigenvalue weighted by atomic mass is 9.98. The van der Waals surface area contributed by atoms with Crippen molar-refractivity contribution in [2.24, 2.45) is 0 Å². The van der Waals surface area contributed by atoms with Crippen LogP contribution in [0.25, 0.3) is 0 Å². The van der Waals surface area contributed by atoms with Gasteiger partial charge >= 0.3 is 6.18 Å². The van der Waals surface area contributed by atoms with Crippen LogP contribution < -0.4 is 0 Å². The summed E-state index contributed by atoms with van der Waals surface area (Å²) in [4.78, 5) is 0. The lowest BCUT2D eigenvalue weighted by Crippen LogP contribution is -2.14. The Hall–Kier alpha value is -2.25. The molecule has 4 heteroatoms. The van der Waals surface area contributed by atoms with Gasteiger partial charge in [0.05, 0.1) is 12.2 Å². The highest BCUT2D eigenvalue weighted by molar-refractivity contribution is 5.41. The van der Waals surface area contributed by atoms with Crippen molar-refractivity contribution in [1.29, 1.82) is 0 Å². The maximum atomic E-state index is 12.5. The second kappa shape index (κ2) is 5.86. The number of ether oxygens (including phenoxy) is 1. The number of benzene rings is 2. The third-order valence-corrected chi connectivity index (χ3v) is 3.55. The van der Waals surface area contributed by atoms with Gasteiger partial charge in [-0.25, -0.2) is 0 Å². The summed E-state index contributed by atoms with van der Waals surface area (Å²) in [6.45, 7) is 0.601. The van der Waals surface area contributed by atoms with Gasteiger partial charge in [0.2, 0.25) is 0 Å². The summed E-state index contributed by atoms with van der Waals surface area (Å²) in [6, 6.07) is 12.8. The highest BCUT2D eigenvalue weighted by Gasteiger charge is 2.29. The van der Waals surface area contributed by atoms with Gasteiger partial charge in [0, 0.05) is 5.56 Å². The largest absolute Gasteiger partial charge is 0.416 e. The first-order valence-electron chi connectivity index (χ1n) is 6.92. The molecular formula is C18H13F3O. The van der Waals surface area contributed by atoms with Crippen LogP contribution in [0.2, 0.25) is 0 Å². The molecule has 0 aliphatic carbocycles. The van der Waals surface area contributed by atoms with E-state index in [2.05, 4.69) is 11.8 Å². The van der Waals surface area contributed by atoms with E-state index < -0.39 is 11.7 Å². The molecule has 0 bridgehead atoms. The molecule has 0 saturated carbocycles. The molecule has 112 valence electrons. The quantitative estimate of drug-likeness (QED) is 0.657. The molecule has 0 saturated heterocycles. The van der Waals surface area contributed by atoms with E-state index in [1.165, 1.54) is 17.7 Å². The first-order valence-corrected chi connectivity index (χ1v) is 6.92. The van der Waals surface area contributed by atoms with Gasteiger partial charge in [-0.15, -0.1) is 0 Å². The number of halogens is 3. The van der Waals surface area contributed by atoms with E-state index in [1.807, 2.05) is 24.3 Å². The third-order valence-electron chi connectivity index (χ3n) is 3.55. The summed E-state index contributed by atoms with van der Waals surface area (Å²) in [5.41, 5.74) is 2.12. The Morgan fingerprint density at radius 2 is 1.73 bits per heavy atom. The number of alkyl halides is 3. The lowest BCUT2D eigenvalue weighted by Gasteiger charge is -2.21. The van der Waals surface area contributed by atoms with Crippen LogP contribution in [0.5, 0.6) is 0 Å². The fourth-order valence-corrected chi connectivity index (χ4v) is 2.41. The van der Waals surface area contributed by atoms with Gasteiger partial charge in [-0.1, -0.05) is 36.1 Å². The van der Waals surface area contributed by atoms with E-state index in [-0.39, 0.29) is 6.10 Å². The number of hydrogen-bond donors (Lipinski definition) is 0. The number of rotatable bonds is 0. The van der Waals surface area contributed by atoms with E-state index in [1.54, 1.807) is 0 Å². The topological polar surface area (TPSA) is 9.23 Å². The molecule has 0 spiro atoms. The second-order valence-corrected chi connectivity index (χ2v) is 5.04. The van der Waals surface area contributed by atoms with Crippen molar-refractivity contribution in [3.05, 3.63) is 70.8 Å². The average molecular weight is 302 g/mol. The van der Waals surface area contributed by atoms with Crippen molar-refractivity contribution in [2.45, 2.75) is 18.7 Å². The van der Waals surface area contributed by atoms with Crippen molar-refractivity contribution in [2.75, 3.05) is 6.61 Å². The maximum Gasteiger partial charge on any atom is 0.416 e. The van der Waals surface area contributed by atoms with Crippen LogP contribution in [-0.4, -0.2) is 6.61 Å². The molecule has 3 rings (SSSR count). The van der Waals surface area contributed by atoms with Crippen molar-refractivity contribution in [1.82, 2.24) is 0 Å². The molecule has 22 heavy (non-hydrogen) atoms. The average Bonchev–Trinajstić information content (AvgIpc) is 2.52. The summed E-state index contributed by atoms with van der Waals surface area (Å²) < 4.78 is 43.2. The Balaban J connectivity index is 1.82. The van der Waals surface area contributed by atoms with E-state index in [0.29, 0.717) is 12.2 Å². The molecule has 0 aromatic heterocycles. The zero-order valence-electron chi connectivity index (χ0n) is 11.7. The fraction of sp³-hybridized carbons (Fsp3) is 0.222. The second-order valence-electron chi connectivity index (χ2n) is 5.04. The van der Waals surface area contributed by atoms with E-state index in [9.17, 15) is 13.2 Å². The van der Waals surface area contributed by atoms with E-state index in [0.717, 1.165) is 24.1 Å². The molecule has 2 aromatic carbocycles. The van der Waals surface area contributed by atoms with Crippen molar-refractivity contribution >= 4 is 0 Å². The zero-order valence-corrected chi connectivity index (χ0v) is 11.7. The zero-order chi connectivity index (χ0) is 15.6. The molecular weight excluding hydrogens is 289 g/mol. The molecule has 2 aromatic rings. The van der Waals surface area contributed by atoms with E-state index in [4.69, 9.17) is 4.74 Å². The Morgan fingerprint density at radius 1 is 1.00 bits per heavy atom. The molecule has 1 nitrogen and oxygen atoms in total. The van der Waals surface area contributed by atoms with Gasteiger partial charge < -0.3 is 4.74 Å². The van der Waals surface area contributed by atoms with Crippen molar-refractivity contribution < 1.29 is 17.9 Å². The van der Waals surface area contributed by atoms with Crippen LogP contribution >= 0.6 is 0 Å². The van der Waals surface area contributed by atoms with E-state index >= 15 is 0 Å². The summed E-state index contributed by atoms with van der Waals surface area (Å²) in [6.07, 6.45) is -3.79. The predicted molar refractivity (Wildman–Crippen MR) is 77.2 cm³/mol.